The molecule has 0 saturated carbocycles. The second-order valence-electron chi connectivity index (χ2n) is 3.94. The van der Waals surface area contributed by atoms with Gasteiger partial charge in [-0.05, 0) is 40.0 Å². The largest absolute Gasteiger partial charge is 0.372 e. The summed E-state index contributed by atoms with van der Waals surface area (Å²) in [5.41, 5.74) is 0.950. The van der Waals surface area contributed by atoms with Crippen molar-refractivity contribution in [3.63, 3.8) is 0 Å². The maximum Gasteiger partial charge on any atom is 0.145 e. The molecule has 0 bridgehead atoms. The molecule has 0 aliphatic heterocycles. The molecule has 1 aromatic carbocycles. The molecule has 4 nitrogen and oxygen atoms in total. The molecule has 0 aliphatic rings. The summed E-state index contributed by atoms with van der Waals surface area (Å²) < 4.78 is 13.8. The Kier molecular flexibility index (Phi) is 4.68. The normalized spacial score (nSPS) is 10.3. The van der Waals surface area contributed by atoms with Crippen LogP contribution in [0.4, 0.5) is 16.0 Å². The Morgan fingerprint density at radius 3 is 2.79 bits per heavy atom. The third kappa shape index (κ3) is 3.64. The van der Waals surface area contributed by atoms with E-state index in [4.69, 9.17) is 0 Å². The second kappa shape index (κ2) is 6.47. The first-order chi connectivity index (χ1) is 9.20. The van der Waals surface area contributed by atoms with E-state index >= 15 is 0 Å². The Morgan fingerprint density at radius 1 is 1.26 bits per heavy atom. The van der Waals surface area contributed by atoms with Crippen LogP contribution in [-0.2, 0) is 6.42 Å². The fraction of sp³-hybridized carbons (Fsp3) is 0.231. The molecule has 2 rings (SSSR count). The highest BCUT2D eigenvalue weighted by atomic mass is 79.9. The van der Waals surface area contributed by atoms with E-state index in [-0.39, 0.29) is 5.82 Å². The lowest BCUT2D eigenvalue weighted by Crippen LogP contribution is -2.08. The summed E-state index contributed by atoms with van der Waals surface area (Å²) in [4.78, 5) is 8.23. The quantitative estimate of drug-likeness (QED) is 0.887. The van der Waals surface area contributed by atoms with E-state index in [1.54, 1.807) is 13.1 Å². The zero-order valence-corrected chi connectivity index (χ0v) is 12.0. The number of nitrogens with zero attached hydrogens (tertiary/aromatic N) is 2. The number of rotatable bonds is 5. The summed E-state index contributed by atoms with van der Waals surface area (Å²) in [6, 6.07) is 6.59. The van der Waals surface area contributed by atoms with Gasteiger partial charge in [-0.25, -0.2) is 14.4 Å². The predicted molar refractivity (Wildman–Crippen MR) is 77.9 cm³/mol. The highest BCUT2D eigenvalue weighted by molar-refractivity contribution is 9.10. The van der Waals surface area contributed by atoms with Crippen molar-refractivity contribution < 1.29 is 4.39 Å². The molecule has 0 saturated heterocycles. The second-order valence-corrected chi connectivity index (χ2v) is 4.73. The van der Waals surface area contributed by atoms with Crippen molar-refractivity contribution in [1.29, 1.82) is 0 Å². The van der Waals surface area contributed by atoms with Crippen molar-refractivity contribution in [3.8, 4) is 0 Å². The number of aromatic nitrogens is 2. The summed E-state index contributed by atoms with van der Waals surface area (Å²) >= 11 is 3.43. The molecule has 2 N–H and O–H groups in total. The molecule has 0 spiro atoms. The Labute approximate surface area is 119 Å². The average Bonchev–Trinajstić information content (AvgIpc) is 2.41. The molecule has 0 fully saturated rings. The number of benzene rings is 1. The predicted octanol–water partition coefficient (Wildman–Crippen LogP) is 3.07. The topological polar surface area (TPSA) is 49.8 Å². The molecule has 0 aliphatic carbocycles. The molecule has 0 unspecified atom stereocenters. The van der Waals surface area contributed by atoms with Crippen LogP contribution < -0.4 is 10.6 Å². The van der Waals surface area contributed by atoms with Gasteiger partial charge in [0, 0.05) is 13.6 Å². The van der Waals surface area contributed by atoms with Crippen LogP contribution >= 0.6 is 15.9 Å². The van der Waals surface area contributed by atoms with Gasteiger partial charge in [0.2, 0.25) is 0 Å². The van der Waals surface area contributed by atoms with Crippen LogP contribution in [-0.4, -0.2) is 23.6 Å². The van der Waals surface area contributed by atoms with E-state index in [1.807, 2.05) is 6.07 Å². The Balaban J connectivity index is 1.96. The first-order valence-electron chi connectivity index (χ1n) is 5.87. The molecular formula is C13H14BrFN4. The van der Waals surface area contributed by atoms with Gasteiger partial charge in [0.25, 0.3) is 0 Å². The smallest absolute Gasteiger partial charge is 0.145 e. The SMILES string of the molecule is CNc1ncnc(NCCc2cccc(F)c2)c1Br. The summed E-state index contributed by atoms with van der Waals surface area (Å²) in [7, 11) is 1.80. The van der Waals surface area contributed by atoms with Gasteiger partial charge >= 0.3 is 0 Å². The van der Waals surface area contributed by atoms with Crippen LogP contribution in [0.15, 0.2) is 35.1 Å². The standard InChI is InChI=1S/C13H14BrFN4/c1-16-12-11(14)13(19-8-18-12)17-6-5-9-3-2-4-10(15)7-9/h2-4,7-8H,5-6H2,1H3,(H2,16,17,18,19). The lowest BCUT2D eigenvalue weighted by atomic mass is 10.1. The number of halogens is 2. The number of nitrogens with one attached hydrogen (secondary N) is 2. The van der Waals surface area contributed by atoms with Gasteiger partial charge in [0.05, 0.1) is 0 Å². The van der Waals surface area contributed by atoms with Crippen molar-refractivity contribution in [2.45, 2.75) is 6.42 Å². The molecule has 6 heteroatoms. The highest BCUT2D eigenvalue weighted by Crippen LogP contribution is 2.25. The zero-order chi connectivity index (χ0) is 13.7. The number of anilines is 2. The van der Waals surface area contributed by atoms with Crippen LogP contribution in [0.1, 0.15) is 5.56 Å². The number of hydrogen-bond donors (Lipinski definition) is 2. The summed E-state index contributed by atoms with van der Waals surface area (Å²) in [5, 5.41) is 6.16. The fourth-order valence-electron chi connectivity index (χ4n) is 1.69. The highest BCUT2D eigenvalue weighted by Gasteiger charge is 2.06. The van der Waals surface area contributed by atoms with Crippen LogP contribution in [0.5, 0.6) is 0 Å². The monoisotopic (exact) mass is 324 g/mol. The molecule has 2 aromatic rings. The van der Waals surface area contributed by atoms with Crippen molar-refractivity contribution in [1.82, 2.24) is 9.97 Å². The molecule has 0 radical (unpaired) electrons. The van der Waals surface area contributed by atoms with Gasteiger partial charge in [-0.15, -0.1) is 0 Å². The fourth-order valence-corrected chi connectivity index (χ4v) is 2.23. The molecule has 19 heavy (non-hydrogen) atoms. The van der Waals surface area contributed by atoms with Gasteiger partial charge in [-0.1, -0.05) is 12.1 Å². The first-order valence-corrected chi connectivity index (χ1v) is 6.66. The van der Waals surface area contributed by atoms with Gasteiger partial charge in [0.15, 0.2) is 0 Å². The molecule has 0 amide bonds. The van der Waals surface area contributed by atoms with Gasteiger partial charge in [-0.2, -0.15) is 0 Å². The molecule has 1 aromatic heterocycles. The maximum absolute atomic E-state index is 13.0. The van der Waals surface area contributed by atoms with E-state index in [0.717, 1.165) is 28.1 Å². The Morgan fingerprint density at radius 2 is 2.05 bits per heavy atom. The third-order valence-electron chi connectivity index (χ3n) is 2.62. The number of hydrogen-bond acceptors (Lipinski definition) is 4. The molecule has 0 atom stereocenters. The van der Waals surface area contributed by atoms with Crippen LogP contribution in [0, 0.1) is 5.82 Å². The minimum Gasteiger partial charge on any atom is -0.372 e. The minimum absolute atomic E-state index is 0.210. The molecular weight excluding hydrogens is 311 g/mol. The van der Waals surface area contributed by atoms with Crippen LogP contribution in [0.2, 0.25) is 0 Å². The summed E-state index contributed by atoms with van der Waals surface area (Å²) in [6.07, 6.45) is 2.21. The van der Waals surface area contributed by atoms with Crippen molar-refractivity contribution in [2.24, 2.45) is 0 Å². The average molecular weight is 325 g/mol. The molecule has 100 valence electrons. The van der Waals surface area contributed by atoms with E-state index in [9.17, 15) is 4.39 Å². The van der Waals surface area contributed by atoms with Gasteiger partial charge < -0.3 is 10.6 Å². The lowest BCUT2D eigenvalue weighted by Gasteiger charge is -2.09. The van der Waals surface area contributed by atoms with Crippen molar-refractivity contribution in [3.05, 3.63) is 46.4 Å². The minimum atomic E-state index is -0.210. The van der Waals surface area contributed by atoms with Gasteiger partial charge in [-0.3, -0.25) is 0 Å². The first kappa shape index (κ1) is 13.7. The zero-order valence-electron chi connectivity index (χ0n) is 10.5. The van der Waals surface area contributed by atoms with Crippen LogP contribution in [0.3, 0.4) is 0 Å². The van der Waals surface area contributed by atoms with E-state index < -0.39 is 0 Å². The van der Waals surface area contributed by atoms with Gasteiger partial charge in [0.1, 0.15) is 28.3 Å². The van der Waals surface area contributed by atoms with E-state index in [1.165, 1.54) is 18.5 Å². The maximum atomic E-state index is 13.0. The Bertz CT molecular complexity index is 562. The molecule has 1 heterocycles. The summed E-state index contributed by atoms with van der Waals surface area (Å²) in [6.45, 7) is 0.669. The third-order valence-corrected chi connectivity index (χ3v) is 3.37. The van der Waals surface area contributed by atoms with E-state index in [2.05, 4.69) is 36.5 Å². The van der Waals surface area contributed by atoms with Crippen LogP contribution in [0.25, 0.3) is 0 Å². The summed E-state index contributed by atoms with van der Waals surface area (Å²) in [5.74, 6) is 1.23. The van der Waals surface area contributed by atoms with Crippen molar-refractivity contribution >= 4 is 27.6 Å². The van der Waals surface area contributed by atoms with E-state index in [0.29, 0.717) is 6.54 Å². The Hall–Kier alpha value is -1.69. The van der Waals surface area contributed by atoms with Crippen molar-refractivity contribution in [2.75, 3.05) is 24.2 Å². The lowest BCUT2D eigenvalue weighted by molar-refractivity contribution is 0.625.